The van der Waals surface area contributed by atoms with Crippen molar-refractivity contribution in [2.45, 2.75) is 32.1 Å². The molecule has 26 heavy (non-hydrogen) atoms. The second-order valence-electron chi connectivity index (χ2n) is 6.56. The van der Waals surface area contributed by atoms with Gasteiger partial charge < -0.3 is 15.0 Å². The van der Waals surface area contributed by atoms with E-state index in [0.717, 1.165) is 48.9 Å². The monoisotopic (exact) mass is 355 g/mol. The smallest absolute Gasteiger partial charge is 0.269 e. The van der Waals surface area contributed by atoms with Gasteiger partial charge in [-0.15, -0.1) is 0 Å². The molecule has 0 unspecified atom stereocenters. The molecule has 0 saturated carbocycles. The molecule has 6 nitrogen and oxygen atoms in total. The van der Waals surface area contributed by atoms with E-state index < -0.39 is 0 Å². The SMILES string of the molecule is COc1ccc2nc(C(=O)NCCCN3CCCCCC3=O)ccc2c1. The van der Waals surface area contributed by atoms with Gasteiger partial charge in [0.2, 0.25) is 5.91 Å². The first-order valence-electron chi connectivity index (χ1n) is 9.18. The summed E-state index contributed by atoms with van der Waals surface area (Å²) in [7, 11) is 1.62. The predicted octanol–water partition coefficient (Wildman–Crippen LogP) is 2.77. The summed E-state index contributed by atoms with van der Waals surface area (Å²) in [6.45, 7) is 2.07. The fourth-order valence-corrected chi connectivity index (χ4v) is 3.19. The Balaban J connectivity index is 1.51. The first-order chi connectivity index (χ1) is 12.7. The normalized spacial score (nSPS) is 15.0. The Bertz CT molecular complexity index is 791. The number of hydrogen-bond donors (Lipinski definition) is 1. The molecule has 1 N–H and O–H groups in total. The third-order valence-corrected chi connectivity index (χ3v) is 4.69. The van der Waals surface area contributed by atoms with Crippen molar-refractivity contribution in [2.24, 2.45) is 0 Å². The van der Waals surface area contributed by atoms with Gasteiger partial charge in [-0.25, -0.2) is 4.98 Å². The third-order valence-electron chi connectivity index (χ3n) is 4.69. The van der Waals surface area contributed by atoms with Gasteiger partial charge >= 0.3 is 0 Å². The van der Waals surface area contributed by atoms with Crippen LogP contribution in [0.3, 0.4) is 0 Å². The number of carbonyl (C=O) groups excluding carboxylic acids is 2. The van der Waals surface area contributed by atoms with Gasteiger partial charge in [0.15, 0.2) is 0 Å². The van der Waals surface area contributed by atoms with E-state index in [2.05, 4.69) is 10.3 Å². The lowest BCUT2D eigenvalue weighted by molar-refractivity contribution is -0.130. The molecule has 0 spiro atoms. The van der Waals surface area contributed by atoms with Crippen molar-refractivity contribution in [3.8, 4) is 5.75 Å². The van der Waals surface area contributed by atoms with E-state index in [4.69, 9.17) is 4.74 Å². The molecule has 138 valence electrons. The van der Waals surface area contributed by atoms with Crippen LogP contribution in [0.5, 0.6) is 5.75 Å². The van der Waals surface area contributed by atoms with Gasteiger partial charge in [-0.3, -0.25) is 9.59 Å². The second kappa shape index (κ2) is 8.65. The fraction of sp³-hybridized carbons (Fsp3) is 0.450. The minimum Gasteiger partial charge on any atom is -0.497 e. The first kappa shape index (κ1) is 18.2. The fourth-order valence-electron chi connectivity index (χ4n) is 3.19. The quantitative estimate of drug-likeness (QED) is 0.809. The highest BCUT2D eigenvalue weighted by molar-refractivity contribution is 5.95. The number of methoxy groups -OCH3 is 1. The van der Waals surface area contributed by atoms with E-state index in [9.17, 15) is 9.59 Å². The molecule has 2 heterocycles. The van der Waals surface area contributed by atoms with Crippen LogP contribution in [0.1, 0.15) is 42.6 Å². The van der Waals surface area contributed by atoms with E-state index in [1.54, 1.807) is 13.2 Å². The number of nitrogens with zero attached hydrogens (tertiary/aromatic N) is 2. The molecule has 2 aromatic rings. The minimum atomic E-state index is -0.190. The Hall–Kier alpha value is -2.63. The molecule has 6 heteroatoms. The molecule has 3 rings (SSSR count). The molecule has 1 saturated heterocycles. The van der Waals surface area contributed by atoms with Crippen molar-refractivity contribution in [1.29, 1.82) is 0 Å². The number of amides is 2. The molecular weight excluding hydrogens is 330 g/mol. The van der Waals surface area contributed by atoms with Crippen LogP contribution in [-0.4, -0.2) is 48.4 Å². The first-order valence-corrected chi connectivity index (χ1v) is 9.18. The molecule has 1 aliphatic heterocycles. The number of pyridine rings is 1. The summed E-state index contributed by atoms with van der Waals surface area (Å²) in [4.78, 5) is 30.6. The van der Waals surface area contributed by atoms with Gasteiger partial charge in [-0.2, -0.15) is 0 Å². The summed E-state index contributed by atoms with van der Waals surface area (Å²) in [6.07, 6.45) is 4.59. The van der Waals surface area contributed by atoms with Gasteiger partial charge in [0, 0.05) is 31.4 Å². The van der Waals surface area contributed by atoms with Crippen molar-refractivity contribution >= 4 is 22.7 Å². The number of rotatable bonds is 6. The van der Waals surface area contributed by atoms with Crippen LogP contribution in [0, 0.1) is 0 Å². The Morgan fingerprint density at radius 2 is 2.12 bits per heavy atom. The molecule has 1 aromatic carbocycles. The van der Waals surface area contributed by atoms with Crippen LogP contribution < -0.4 is 10.1 Å². The van der Waals surface area contributed by atoms with E-state index in [1.165, 1.54) is 0 Å². The van der Waals surface area contributed by atoms with Crippen LogP contribution >= 0.6 is 0 Å². The Labute approximate surface area is 153 Å². The number of benzene rings is 1. The lowest BCUT2D eigenvalue weighted by Gasteiger charge is -2.20. The highest BCUT2D eigenvalue weighted by Crippen LogP contribution is 2.19. The lowest BCUT2D eigenvalue weighted by atomic mass is 10.2. The Kier molecular flexibility index (Phi) is 6.04. The van der Waals surface area contributed by atoms with Crippen LogP contribution in [0.15, 0.2) is 30.3 Å². The van der Waals surface area contributed by atoms with E-state index in [-0.39, 0.29) is 11.8 Å². The summed E-state index contributed by atoms with van der Waals surface area (Å²) in [5.74, 6) is 0.810. The molecular formula is C20H25N3O3. The molecule has 2 amide bonds. The summed E-state index contributed by atoms with van der Waals surface area (Å²) in [5, 5.41) is 3.82. The number of nitrogens with one attached hydrogen (secondary N) is 1. The van der Waals surface area contributed by atoms with Crippen molar-refractivity contribution in [2.75, 3.05) is 26.7 Å². The van der Waals surface area contributed by atoms with Gasteiger partial charge in [0.1, 0.15) is 11.4 Å². The minimum absolute atomic E-state index is 0.190. The third kappa shape index (κ3) is 4.50. The summed E-state index contributed by atoms with van der Waals surface area (Å²) in [5.41, 5.74) is 1.15. The molecule has 0 aliphatic carbocycles. The molecule has 0 radical (unpaired) electrons. The van der Waals surface area contributed by atoms with Crippen molar-refractivity contribution in [3.05, 3.63) is 36.0 Å². The molecule has 0 bridgehead atoms. The maximum atomic E-state index is 12.3. The number of likely N-dealkylation sites (tertiary alicyclic amines) is 1. The Morgan fingerprint density at radius 3 is 2.96 bits per heavy atom. The van der Waals surface area contributed by atoms with Crippen molar-refractivity contribution in [1.82, 2.24) is 15.2 Å². The van der Waals surface area contributed by atoms with Crippen molar-refractivity contribution in [3.63, 3.8) is 0 Å². The maximum Gasteiger partial charge on any atom is 0.269 e. The predicted molar refractivity (Wildman–Crippen MR) is 100 cm³/mol. The van der Waals surface area contributed by atoms with Crippen molar-refractivity contribution < 1.29 is 14.3 Å². The number of ether oxygens (including phenoxy) is 1. The number of carbonyl (C=O) groups is 2. The summed E-state index contributed by atoms with van der Waals surface area (Å²) in [6, 6.07) is 9.15. The zero-order valence-corrected chi connectivity index (χ0v) is 15.2. The Morgan fingerprint density at radius 1 is 1.23 bits per heavy atom. The van der Waals surface area contributed by atoms with Gasteiger partial charge in [0.25, 0.3) is 5.91 Å². The standard InChI is InChI=1S/C20H25N3O3/c1-26-16-8-10-17-15(14-16)7-9-18(22-17)20(25)21-11-5-13-23-12-4-2-3-6-19(23)24/h7-10,14H,2-6,11-13H2,1H3,(H,21,25). The highest BCUT2D eigenvalue weighted by atomic mass is 16.5. The average molecular weight is 355 g/mol. The van der Waals surface area contributed by atoms with E-state index in [1.807, 2.05) is 29.2 Å². The van der Waals surface area contributed by atoms with Crippen LogP contribution in [0.4, 0.5) is 0 Å². The van der Waals surface area contributed by atoms with Crippen LogP contribution in [-0.2, 0) is 4.79 Å². The number of hydrogen-bond acceptors (Lipinski definition) is 4. The molecule has 1 fully saturated rings. The zero-order valence-electron chi connectivity index (χ0n) is 15.2. The largest absolute Gasteiger partial charge is 0.497 e. The van der Waals surface area contributed by atoms with Gasteiger partial charge in [-0.05, 0) is 43.5 Å². The molecule has 0 atom stereocenters. The van der Waals surface area contributed by atoms with E-state index >= 15 is 0 Å². The zero-order chi connectivity index (χ0) is 18.4. The lowest BCUT2D eigenvalue weighted by Crippen LogP contribution is -2.34. The summed E-state index contributed by atoms with van der Waals surface area (Å²) >= 11 is 0. The highest BCUT2D eigenvalue weighted by Gasteiger charge is 2.16. The maximum absolute atomic E-state index is 12.3. The topological polar surface area (TPSA) is 71.5 Å². The molecule has 1 aromatic heterocycles. The van der Waals surface area contributed by atoms with Gasteiger partial charge in [-0.1, -0.05) is 12.5 Å². The molecule has 1 aliphatic rings. The van der Waals surface area contributed by atoms with Crippen LogP contribution in [0.25, 0.3) is 10.9 Å². The number of fused-ring (bicyclic) bond motifs is 1. The van der Waals surface area contributed by atoms with Crippen LogP contribution in [0.2, 0.25) is 0 Å². The van der Waals surface area contributed by atoms with Gasteiger partial charge in [0.05, 0.1) is 12.6 Å². The van der Waals surface area contributed by atoms with E-state index in [0.29, 0.717) is 25.2 Å². The average Bonchev–Trinajstić information content (AvgIpc) is 2.88. The number of aromatic nitrogens is 1. The summed E-state index contributed by atoms with van der Waals surface area (Å²) < 4.78 is 5.20. The second-order valence-corrected chi connectivity index (χ2v) is 6.56.